The molecule has 0 bridgehead atoms. The number of aliphatic hydroxyl groups excluding tert-OH is 1. The molecule has 1 aliphatic rings. The van der Waals surface area contributed by atoms with Gasteiger partial charge in [0.25, 0.3) is 0 Å². The van der Waals surface area contributed by atoms with Crippen molar-refractivity contribution in [2.24, 2.45) is 5.92 Å². The summed E-state index contributed by atoms with van der Waals surface area (Å²) < 4.78 is 0. The van der Waals surface area contributed by atoms with Crippen molar-refractivity contribution < 1.29 is 10.2 Å². The summed E-state index contributed by atoms with van der Waals surface area (Å²) in [6.45, 7) is 0. The van der Waals surface area contributed by atoms with E-state index < -0.39 is 6.29 Å². The van der Waals surface area contributed by atoms with Crippen molar-refractivity contribution in [3.63, 3.8) is 0 Å². The predicted octanol–water partition coefficient (Wildman–Crippen LogP) is -0.379. The number of nitrogens with one attached hydrogen (secondary N) is 1. The number of rotatable bonds is 2. The first-order valence-corrected chi connectivity index (χ1v) is 3.82. The van der Waals surface area contributed by atoms with Gasteiger partial charge in [0.1, 0.15) is 0 Å². The molecule has 0 saturated carbocycles. The minimum atomic E-state index is -1.21. The Bertz CT molecular complexity index is 138. The van der Waals surface area contributed by atoms with Crippen LogP contribution in [0.4, 0.5) is 0 Å². The van der Waals surface area contributed by atoms with Crippen LogP contribution in [-0.2, 0) is 0 Å². The molecule has 3 N–H and O–H groups in total. The first kappa shape index (κ1) is 8.15. The van der Waals surface area contributed by atoms with Gasteiger partial charge in [0.05, 0.1) is 0 Å². The third kappa shape index (κ3) is 1.77. The summed E-state index contributed by atoms with van der Waals surface area (Å²) in [4.78, 5) is 0. The zero-order chi connectivity index (χ0) is 7.56. The highest BCUT2D eigenvalue weighted by Crippen LogP contribution is 2.20. The first-order chi connectivity index (χ1) is 4.74. The van der Waals surface area contributed by atoms with Crippen LogP contribution < -0.4 is 5.09 Å². The number of hydrogen-bond donors (Lipinski definition) is 3. The van der Waals surface area contributed by atoms with Crippen LogP contribution >= 0.6 is 9.39 Å². The largest absolute Gasteiger partial charge is 0.368 e. The van der Waals surface area contributed by atoms with Crippen LogP contribution in [0.2, 0.25) is 0 Å². The molecule has 1 aliphatic carbocycles. The highest BCUT2D eigenvalue weighted by molar-refractivity contribution is 7.13. The van der Waals surface area contributed by atoms with Gasteiger partial charge in [-0.1, -0.05) is 21.5 Å². The molecule has 0 aromatic carbocycles. The van der Waals surface area contributed by atoms with Crippen molar-refractivity contribution in [2.45, 2.75) is 18.8 Å². The second-order valence-electron chi connectivity index (χ2n) is 2.47. The minimum absolute atomic E-state index is 0.0990. The van der Waals surface area contributed by atoms with Gasteiger partial charge in [-0.05, 0) is 6.42 Å². The molecule has 3 atom stereocenters. The minimum Gasteiger partial charge on any atom is -0.368 e. The molecule has 0 aliphatic heterocycles. The van der Waals surface area contributed by atoms with Crippen molar-refractivity contribution >= 4 is 9.39 Å². The molecule has 0 saturated heterocycles. The Morgan fingerprint density at radius 1 is 1.50 bits per heavy atom. The van der Waals surface area contributed by atoms with Crippen LogP contribution in [0.3, 0.4) is 0 Å². The van der Waals surface area contributed by atoms with Gasteiger partial charge in [-0.15, -0.1) is 0 Å². The SMILES string of the molecule is OC(O)C1C=CC(NP)C1. The Balaban J connectivity index is 2.37. The normalized spacial score (nSPS) is 32.0. The molecular weight excluding hydrogens is 149 g/mol. The molecule has 0 spiro atoms. The van der Waals surface area contributed by atoms with Crippen molar-refractivity contribution in [3.8, 4) is 0 Å². The van der Waals surface area contributed by atoms with Crippen LogP contribution in [0.25, 0.3) is 0 Å². The van der Waals surface area contributed by atoms with Crippen LogP contribution in [0.1, 0.15) is 6.42 Å². The van der Waals surface area contributed by atoms with Crippen LogP contribution in [0.5, 0.6) is 0 Å². The summed E-state index contributed by atoms with van der Waals surface area (Å²) in [7, 11) is 2.41. The van der Waals surface area contributed by atoms with E-state index in [0.29, 0.717) is 0 Å². The maximum Gasteiger partial charge on any atom is 0.157 e. The van der Waals surface area contributed by atoms with Crippen LogP contribution in [-0.4, -0.2) is 22.5 Å². The van der Waals surface area contributed by atoms with Crippen molar-refractivity contribution in [1.29, 1.82) is 0 Å². The molecule has 0 heterocycles. The average molecular weight is 161 g/mol. The zero-order valence-electron chi connectivity index (χ0n) is 5.57. The Morgan fingerprint density at radius 2 is 2.20 bits per heavy atom. The summed E-state index contributed by atoms with van der Waals surface area (Å²) in [6, 6.07) is 0.275. The standard InChI is InChI=1S/C6H12NO2P/c8-6(9)4-1-2-5(3-4)7-10/h1-2,4-9H,3,10H2. The van der Waals surface area contributed by atoms with E-state index >= 15 is 0 Å². The van der Waals surface area contributed by atoms with Gasteiger partial charge in [-0.25, -0.2) is 0 Å². The van der Waals surface area contributed by atoms with Crippen LogP contribution in [0, 0.1) is 5.92 Å². The highest BCUT2D eigenvalue weighted by Gasteiger charge is 2.22. The molecule has 0 amide bonds. The Labute approximate surface area is 62.4 Å². The molecule has 0 aromatic rings. The molecule has 3 nitrogen and oxygen atoms in total. The van der Waals surface area contributed by atoms with E-state index in [2.05, 4.69) is 14.5 Å². The molecule has 4 heteroatoms. The summed E-state index contributed by atoms with van der Waals surface area (Å²) in [5, 5.41) is 20.4. The molecule has 58 valence electrons. The van der Waals surface area contributed by atoms with E-state index in [1.165, 1.54) is 0 Å². The summed E-state index contributed by atoms with van der Waals surface area (Å²) >= 11 is 0. The number of hydrogen-bond acceptors (Lipinski definition) is 3. The van der Waals surface area contributed by atoms with E-state index in [1.807, 2.05) is 12.2 Å². The van der Waals surface area contributed by atoms with Gasteiger partial charge in [0.15, 0.2) is 6.29 Å². The summed E-state index contributed by atoms with van der Waals surface area (Å²) in [5.41, 5.74) is 0. The Kier molecular flexibility index (Phi) is 2.81. The van der Waals surface area contributed by atoms with Gasteiger partial charge in [0.2, 0.25) is 0 Å². The van der Waals surface area contributed by atoms with Gasteiger partial charge < -0.3 is 10.2 Å². The third-order valence-corrected chi connectivity index (χ3v) is 2.14. The van der Waals surface area contributed by atoms with E-state index in [1.54, 1.807) is 0 Å². The quantitative estimate of drug-likeness (QED) is 0.294. The predicted molar refractivity (Wildman–Crippen MR) is 42.1 cm³/mol. The van der Waals surface area contributed by atoms with Crippen molar-refractivity contribution in [1.82, 2.24) is 5.09 Å². The van der Waals surface area contributed by atoms with E-state index in [4.69, 9.17) is 10.2 Å². The van der Waals surface area contributed by atoms with E-state index in [-0.39, 0.29) is 12.0 Å². The van der Waals surface area contributed by atoms with Gasteiger partial charge >= 0.3 is 0 Å². The van der Waals surface area contributed by atoms with Gasteiger partial charge in [-0.3, -0.25) is 5.09 Å². The molecule has 3 unspecified atom stereocenters. The van der Waals surface area contributed by atoms with E-state index in [9.17, 15) is 0 Å². The summed E-state index contributed by atoms with van der Waals surface area (Å²) in [6.07, 6.45) is 3.32. The lowest BCUT2D eigenvalue weighted by atomic mass is 10.1. The Morgan fingerprint density at radius 3 is 2.50 bits per heavy atom. The molecule has 0 fully saturated rings. The maximum atomic E-state index is 8.74. The second kappa shape index (κ2) is 3.44. The third-order valence-electron chi connectivity index (χ3n) is 1.71. The highest BCUT2D eigenvalue weighted by atomic mass is 31.0. The lowest BCUT2D eigenvalue weighted by Gasteiger charge is -2.11. The topological polar surface area (TPSA) is 52.5 Å². The van der Waals surface area contributed by atoms with Crippen LogP contribution in [0.15, 0.2) is 12.2 Å². The fourth-order valence-electron chi connectivity index (χ4n) is 1.07. The molecule has 1 rings (SSSR count). The van der Waals surface area contributed by atoms with E-state index in [0.717, 1.165) is 6.42 Å². The lowest BCUT2D eigenvalue weighted by Crippen LogP contribution is -2.21. The monoisotopic (exact) mass is 161 g/mol. The molecule has 10 heavy (non-hydrogen) atoms. The van der Waals surface area contributed by atoms with Crippen molar-refractivity contribution in [3.05, 3.63) is 12.2 Å². The van der Waals surface area contributed by atoms with Gasteiger partial charge in [-0.2, -0.15) is 0 Å². The summed E-state index contributed by atoms with van der Waals surface area (Å²) in [5.74, 6) is -0.0990. The Hall–Kier alpha value is 0.0500. The first-order valence-electron chi connectivity index (χ1n) is 3.24. The fourth-order valence-corrected chi connectivity index (χ4v) is 1.32. The molecule has 0 aromatic heterocycles. The zero-order valence-corrected chi connectivity index (χ0v) is 6.72. The molecular formula is C6H12NO2P. The lowest BCUT2D eigenvalue weighted by molar-refractivity contribution is -0.0704. The maximum absolute atomic E-state index is 8.74. The smallest absolute Gasteiger partial charge is 0.157 e. The number of aliphatic hydroxyl groups is 2. The van der Waals surface area contributed by atoms with Crippen molar-refractivity contribution in [2.75, 3.05) is 0 Å². The molecule has 0 radical (unpaired) electrons. The second-order valence-corrected chi connectivity index (χ2v) is 2.80. The fraction of sp³-hybridized carbons (Fsp3) is 0.667. The average Bonchev–Trinajstić information content (AvgIpc) is 2.34. The van der Waals surface area contributed by atoms with Gasteiger partial charge in [0, 0.05) is 12.0 Å².